The first kappa shape index (κ1) is 19.2. The van der Waals surface area contributed by atoms with Gasteiger partial charge in [0.15, 0.2) is 9.84 Å². The molecular weight excluding hydrogens is 410 g/mol. The van der Waals surface area contributed by atoms with Crippen molar-refractivity contribution in [2.45, 2.75) is 22.0 Å². The van der Waals surface area contributed by atoms with Crippen molar-refractivity contribution in [2.24, 2.45) is 0 Å². The molecule has 3 aromatic rings. The summed E-state index contributed by atoms with van der Waals surface area (Å²) in [7, 11) is -3.35. The largest absolute Gasteiger partial charge is 0.351 e. The van der Waals surface area contributed by atoms with Crippen molar-refractivity contribution in [3.05, 3.63) is 70.6 Å². The van der Waals surface area contributed by atoms with E-state index >= 15 is 0 Å². The van der Waals surface area contributed by atoms with Gasteiger partial charge >= 0.3 is 0 Å². The molecule has 0 saturated carbocycles. The van der Waals surface area contributed by atoms with E-state index in [-0.39, 0.29) is 11.7 Å². The van der Waals surface area contributed by atoms with E-state index in [9.17, 15) is 13.2 Å². The average molecular weight is 430 g/mol. The van der Waals surface area contributed by atoms with Gasteiger partial charge in [-0.15, -0.1) is 23.1 Å². The topological polar surface area (TPSA) is 63.2 Å². The van der Waals surface area contributed by atoms with Crippen LogP contribution in [0.25, 0.3) is 10.4 Å². The second-order valence-corrected chi connectivity index (χ2v) is 10.5. The average Bonchev–Trinajstić information content (AvgIpc) is 3.12. The first-order valence-corrected chi connectivity index (χ1v) is 12.5. The van der Waals surface area contributed by atoms with Crippen LogP contribution in [-0.2, 0) is 22.0 Å². The molecule has 0 bridgehead atoms. The highest BCUT2D eigenvalue weighted by molar-refractivity contribution is 7.98. The van der Waals surface area contributed by atoms with Gasteiger partial charge in [-0.05, 0) is 48.1 Å². The van der Waals surface area contributed by atoms with Crippen LogP contribution in [0.2, 0.25) is 0 Å². The Kier molecular flexibility index (Phi) is 5.31. The maximum Gasteiger partial charge on any atom is 0.261 e. The standard InChI is InChI=1S/C21H19NO3S3/c1-26-16-8-6-14(7-9-16)10-11-22-21(23)18-12-15-13-28(24,25)19-5-3-2-4-17(19)20(15)27-18/h2-9,12H,10-11,13H2,1H3,(H,22,23). The summed E-state index contributed by atoms with van der Waals surface area (Å²) in [5, 5.41) is 2.95. The lowest BCUT2D eigenvalue weighted by Gasteiger charge is -2.15. The third-order valence-corrected chi connectivity index (χ3v) is 8.37. The van der Waals surface area contributed by atoms with E-state index in [4.69, 9.17) is 0 Å². The first-order chi connectivity index (χ1) is 13.5. The number of hydrogen-bond acceptors (Lipinski definition) is 5. The minimum atomic E-state index is -3.35. The predicted molar refractivity (Wildman–Crippen MR) is 115 cm³/mol. The van der Waals surface area contributed by atoms with Crippen LogP contribution >= 0.6 is 23.1 Å². The molecule has 0 fully saturated rings. The number of thioether (sulfide) groups is 1. The van der Waals surface area contributed by atoms with E-state index in [1.54, 1.807) is 36.0 Å². The van der Waals surface area contributed by atoms with Crippen LogP contribution in [0.1, 0.15) is 20.8 Å². The van der Waals surface area contributed by atoms with Crippen LogP contribution in [0.3, 0.4) is 0 Å². The van der Waals surface area contributed by atoms with Crippen LogP contribution in [-0.4, -0.2) is 27.1 Å². The Morgan fingerprint density at radius 3 is 2.64 bits per heavy atom. The maximum absolute atomic E-state index is 12.6. The summed E-state index contributed by atoms with van der Waals surface area (Å²) < 4.78 is 25.0. The molecule has 28 heavy (non-hydrogen) atoms. The van der Waals surface area contributed by atoms with Crippen molar-refractivity contribution in [2.75, 3.05) is 12.8 Å². The Balaban J connectivity index is 1.48. The molecule has 0 unspecified atom stereocenters. The van der Waals surface area contributed by atoms with Gasteiger partial charge in [0, 0.05) is 21.9 Å². The molecule has 0 spiro atoms. The summed E-state index contributed by atoms with van der Waals surface area (Å²) in [5.74, 6) is -0.208. The number of nitrogens with one attached hydrogen (secondary N) is 1. The number of fused-ring (bicyclic) bond motifs is 3. The summed E-state index contributed by atoms with van der Waals surface area (Å²) in [6.07, 6.45) is 2.79. The van der Waals surface area contributed by atoms with Crippen LogP contribution in [0.4, 0.5) is 0 Å². The van der Waals surface area contributed by atoms with Crippen LogP contribution in [0, 0.1) is 0 Å². The number of benzene rings is 2. The quantitative estimate of drug-likeness (QED) is 0.611. The molecular formula is C21H19NO3S3. The Hall–Kier alpha value is -2.09. The van der Waals surface area contributed by atoms with Gasteiger partial charge < -0.3 is 5.32 Å². The Bertz CT molecular complexity index is 1130. The number of amides is 1. The minimum Gasteiger partial charge on any atom is -0.351 e. The van der Waals surface area contributed by atoms with Crippen LogP contribution < -0.4 is 5.32 Å². The molecule has 1 aliphatic heterocycles. The molecule has 144 valence electrons. The van der Waals surface area contributed by atoms with Gasteiger partial charge in [-0.3, -0.25) is 4.79 Å². The monoisotopic (exact) mass is 429 g/mol. The number of sulfone groups is 1. The fourth-order valence-corrected chi connectivity index (χ4v) is 6.57. The molecule has 1 amide bonds. The maximum atomic E-state index is 12.6. The first-order valence-electron chi connectivity index (χ1n) is 8.84. The summed E-state index contributed by atoms with van der Waals surface area (Å²) in [6, 6.07) is 17.0. The molecule has 4 rings (SSSR count). The fourth-order valence-electron chi connectivity index (χ4n) is 3.28. The van der Waals surface area contributed by atoms with Crippen molar-refractivity contribution < 1.29 is 13.2 Å². The summed E-state index contributed by atoms with van der Waals surface area (Å²) in [4.78, 5) is 15.6. The Labute approximate surface area is 172 Å². The van der Waals surface area contributed by atoms with Crippen LogP contribution in [0.15, 0.2) is 64.4 Å². The van der Waals surface area contributed by atoms with Gasteiger partial charge in [-0.1, -0.05) is 30.3 Å². The van der Waals surface area contributed by atoms with Gasteiger partial charge in [-0.25, -0.2) is 8.42 Å². The summed E-state index contributed by atoms with van der Waals surface area (Å²) >= 11 is 3.06. The lowest BCUT2D eigenvalue weighted by atomic mass is 10.1. The molecule has 0 saturated heterocycles. The smallest absolute Gasteiger partial charge is 0.261 e. The third-order valence-electron chi connectivity index (χ3n) is 4.70. The van der Waals surface area contributed by atoms with E-state index in [1.165, 1.54) is 21.8 Å². The van der Waals surface area contributed by atoms with Gasteiger partial charge in [0.25, 0.3) is 5.91 Å². The molecule has 2 aromatic carbocycles. The lowest BCUT2D eigenvalue weighted by Crippen LogP contribution is -2.24. The molecule has 7 heteroatoms. The van der Waals surface area contributed by atoms with Crippen molar-refractivity contribution >= 4 is 38.8 Å². The highest BCUT2D eigenvalue weighted by Crippen LogP contribution is 2.42. The second-order valence-electron chi connectivity index (χ2n) is 6.57. The van der Waals surface area contributed by atoms with Gasteiger partial charge in [0.05, 0.1) is 15.5 Å². The van der Waals surface area contributed by atoms with Crippen molar-refractivity contribution in [1.29, 1.82) is 0 Å². The normalized spacial score (nSPS) is 14.2. The molecule has 4 nitrogen and oxygen atoms in total. The van der Waals surface area contributed by atoms with E-state index < -0.39 is 9.84 Å². The molecule has 0 aliphatic carbocycles. The van der Waals surface area contributed by atoms with Crippen LogP contribution in [0.5, 0.6) is 0 Å². The van der Waals surface area contributed by atoms with Crippen molar-refractivity contribution in [3.8, 4) is 10.4 Å². The third kappa shape index (κ3) is 3.74. The Morgan fingerprint density at radius 2 is 1.89 bits per heavy atom. The lowest BCUT2D eigenvalue weighted by molar-refractivity contribution is 0.0958. The zero-order valence-electron chi connectivity index (χ0n) is 15.3. The van der Waals surface area contributed by atoms with Crippen molar-refractivity contribution in [1.82, 2.24) is 5.32 Å². The van der Waals surface area contributed by atoms with Crippen molar-refractivity contribution in [3.63, 3.8) is 0 Å². The highest BCUT2D eigenvalue weighted by atomic mass is 32.2. The van der Waals surface area contributed by atoms with E-state index in [0.717, 1.165) is 11.3 Å². The van der Waals surface area contributed by atoms with Gasteiger partial charge in [0.2, 0.25) is 0 Å². The van der Waals surface area contributed by atoms with E-state index in [2.05, 4.69) is 29.6 Å². The fraction of sp³-hybridized carbons (Fsp3) is 0.190. The zero-order valence-corrected chi connectivity index (χ0v) is 17.7. The summed E-state index contributed by atoms with van der Waals surface area (Å²) in [6.45, 7) is 0.537. The van der Waals surface area contributed by atoms with Gasteiger partial charge in [-0.2, -0.15) is 0 Å². The number of thiophene rings is 1. The number of hydrogen-bond donors (Lipinski definition) is 1. The highest BCUT2D eigenvalue weighted by Gasteiger charge is 2.30. The number of rotatable bonds is 5. The predicted octanol–water partition coefficient (Wildman–Crippen LogP) is 4.40. The molecule has 1 aromatic heterocycles. The SMILES string of the molecule is CSc1ccc(CCNC(=O)c2cc3c(s2)-c2ccccc2S(=O)(=O)C3)cc1. The van der Waals surface area contributed by atoms with E-state index in [1.807, 2.05) is 12.3 Å². The molecule has 1 aliphatic rings. The zero-order chi connectivity index (χ0) is 19.7. The second kappa shape index (κ2) is 7.73. The number of carbonyl (C=O) groups excluding carboxylic acids is 1. The van der Waals surface area contributed by atoms with Gasteiger partial charge in [0.1, 0.15) is 0 Å². The summed E-state index contributed by atoms with van der Waals surface area (Å²) in [5.41, 5.74) is 2.58. The molecule has 0 atom stereocenters. The molecule has 1 N–H and O–H groups in total. The molecule has 2 heterocycles. The number of carbonyl (C=O) groups is 1. The molecule has 0 radical (unpaired) electrons. The van der Waals surface area contributed by atoms with E-state index in [0.29, 0.717) is 27.4 Å². The minimum absolute atomic E-state index is 0.0507. The Morgan fingerprint density at radius 1 is 1.14 bits per heavy atom.